The number of rotatable bonds is 4. The molecule has 1 rings (SSSR count). The maximum Gasteiger partial charge on any atom is 0.360 e. The number of methoxy groups -OCH3 is 1. The fraction of sp³-hybridized carbons (Fsp3) is 0.400. The van der Waals surface area contributed by atoms with Crippen molar-refractivity contribution < 1.29 is 23.0 Å². The summed E-state index contributed by atoms with van der Waals surface area (Å²) in [6, 6.07) is 1.06. The van der Waals surface area contributed by atoms with E-state index in [4.69, 9.17) is 9.47 Å². The summed E-state index contributed by atoms with van der Waals surface area (Å²) in [7, 11) is 1.27. The van der Waals surface area contributed by atoms with Crippen molar-refractivity contribution in [3.8, 4) is 5.75 Å². The molecular formula is C10H10BrF2NO3. The van der Waals surface area contributed by atoms with E-state index in [1.54, 1.807) is 6.92 Å². The van der Waals surface area contributed by atoms with Crippen molar-refractivity contribution in [1.82, 2.24) is 4.98 Å². The number of aromatic nitrogens is 1. The van der Waals surface area contributed by atoms with Gasteiger partial charge in [0, 0.05) is 0 Å². The van der Waals surface area contributed by atoms with Crippen LogP contribution in [0.1, 0.15) is 29.4 Å². The molecule has 1 aromatic rings. The molecule has 0 atom stereocenters. The molecule has 94 valence electrons. The van der Waals surface area contributed by atoms with Crippen LogP contribution in [0.5, 0.6) is 5.75 Å². The van der Waals surface area contributed by atoms with Crippen LogP contribution in [0.2, 0.25) is 0 Å². The highest BCUT2D eigenvalue weighted by atomic mass is 79.9. The molecule has 0 saturated carbocycles. The second kappa shape index (κ2) is 5.90. The maximum atomic E-state index is 12.6. The number of hydrogen-bond donors (Lipinski definition) is 0. The average molecular weight is 310 g/mol. The Morgan fingerprint density at radius 2 is 2.24 bits per heavy atom. The van der Waals surface area contributed by atoms with Gasteiger partial charge in [-0.25, -0.2) is 18.6 Å². The summed E-state index contributed by atoms with van der Waals surface area (Å²) in [6.07, 6.45) is -2.71. The van der Waals surface area contributed by atoms with Crippen molar-refractivity contribution in [1.29, 1.82) is 0 Å². The monoisotopic (exact) mass is 309 g/mol. The van der Waals surface area contributed by atoms with E-state index in [2.05, 4.69) is 20.9 Å². The van der Waals surface area contributed by atoms with Gasteiger partial charge < -0.3 is 9.47 Å². The zero-order chi connectivity index (χ0) is 13.0. The third kappa shape index (κ3) is 3.12. The van der Waals surface area contributed by atoms with Gasteiger partial charge in [0.2, 0.25) is 0 Å². The van der Waals surface area contributed by atoms with Gasteiger partial charge in [-0.2, -0.15) is 0 Å². The molecule has 0 bridgehead atoms. The SMILES string of the molecule is CCOC(=O)c1nc(Br)c(C(F)F)cc1OC. The molecule has 1 heterocycles. The molecule has 0 fully saturated rings. The molecule has 0 amide bonds. The predicted octanol–water partition coefficient (Wildman–Crippen LogP) is 2.97. The molecule has 0 aliphatic carbocycles. The minimum Gasteiger partial charge on any atom is -0.494 e. The summed E-state index contributed by atoms with van der Waals surface area (Å²) in [6.45, 7) is 1.80. The Kier molecular flexibility index (Phi) is 4.80. The zero-order valence-corrected chi connectivity index (χ0v) is 10.8. The topological polar surface area (TPSA) is 48.4 Å². The second-order valence-corrected chi connectivity index (χ2v) is 3.69. The van der Waals surface area contributed by atoms with Crippen LogP contribution in [-0.4, -0.2) is 24.7 Å². The van der Waals surface area contributed by atoms with Gasteiger partial charge in [0.25, 0.3) is 6.43 Å². The molecule has 17 heavy (non-hydrogen) atoms. The molecule has 0 spiro atoms. The number of pyridine rings is 1. The van der Waals surface area contributed by atoms with Gasteiger partial charge in [0.15, 0.2) is 11.4 Å². The number of halogens is 3. The van der Waals surface area contributed by atoms with Gasteiger partial charge in [-0.15, -0.1) is 0 Å². The highest BCUT2D eigenvalue weighted by Gasteiger charge is 2.22. The van der Waals surface area contributed by atoms with E-state index in [-0.39, 0.29) is 28.2 Å². The molecule has 7 heteroatoms. The van der Waals surface area contributed by atoms with Gasteiger partial charge in [-0.05, 0) is 28.9 Å². The van der Waals surface area contributed by atoms with Crippen molar-refractivity contribution >= 4 is 21.9 Å². The first-order valence-corrected chi connectivity index (χ1v) is 5.50. The highest BCUT2D eigenvalue weighted by molar-refractivity contribution is 9.10. The summed E-state index contributed by atoms with van der Waals surface area (Å²) in [5.74, 6) is -0.757. The lowest BCUT2D eigenvalue weighted by atomic mass is 10.2. The van der Waals surface area contributed by atoms with E-state index in [9.17, 15) is 13.6 Å². The Morgan fingerprint density at radius 1 is 1.59 bits per heavy atom. The molecule has 0 aromatic carbocycles. The largest absolute Gasteiger partial charge is 0.494 e. The van der Waals surface area contributed by atoms with E-state index in [1.165, 1.54) is 7.11 Å². The standard InChI is InChI=1S/C10H10BrF2NO3/c1-3-17-10(15)7-6(16-2)4-5(9(12)13)8(11)14-7/h4,9H,3H2,1-2H3. The molecule has 0 aliphatic rings. The van der Waals surface area contributed by atoms with Crippen LogP contribution in [0.25, 0.3) is 0 Å². The minimum absolute atomic E-state index is 0.0399. The molecule has 0 saturated heterocycles. The van der Waals surface area contributed by atoms with Gasteiger partial charge in [-0.3, -0.25) is 0 Å². The zero-order valence-electron chi connectivity index (χ0n) is 9.17. The van der Waals surface area contributed by atoms with Crippen molar-refractivity contribution in [2.75, 3.05) is 13.7 Å². The Morgan fingerprint density at radius 3 is 2.71 bits per heavy atom. The Hall–Kier alpha value is -1.24. The molecule has 1 aromatic heterocycles. The van der Waals surface area contributed by atoms with Gasteiger partial charge in [0.05, 0.1) is 19.3 Å². The average Bonchev–Trinajstić information content (AvgIpc) is 2.28. The van der Waals surface area contributed by atoms with Crippen LogP contribution >= 0.6 is 15.9 Å². The molecule has 0 aliphatic heterocycles. The number of carbonyl (C=O) groups is 1. The first kappa shape index (κ1) is 13.8. The summed E-state index contributed by atoms with van der Waals surface area (Å²) in [5, 5.41) is 0. The summed E-state index contributed by atoms with van der Waals surface area (Å²) in [5.41, 5.74) is -0.472. The van der Waals surface area contributed by atoms with Crippen LogP contribution in [-0.2, 0) is 4.74 Å². The number of ether oxygens (including phenoxy) is 2. The van der Waals surface area contributed by atoms with E-state index in [0.29, 0.717) is 0 Å². The third-order valence-electron chi connectivity index (χ3n) is 1.89. The van der Waals surface area contributed by atoms with Crippen LogP contribution in [0, 0.1) is 0 Å². The number of nitrogens with zero attached hydrogens (tertiary/aromatic N) is 1. The summed E-state index contributed by atoms with van der Waals surface area (Å²) < 4.78 is 34.6. The third-order valence-corrected chi connectivity index (χ3v) is 2.53. The predicted molar refractivity (Wildman–Crippen MR) is 59.4 cm³/mol. The minimum atomic E-state index is -2.71. The van der Waals surface area contributed by atoms with E-state index < -0.39 is 12.4 Å². The molecule has 0 radical (unpaired) electrons. The number of alkyl halides is 2. The molecule has 0 unspecified atom stereocenters. The Bertz CT molecular complexity index is 426. The van der Waals surface area contributed by atoms with E-state index in [1.807, 2.05) is 0 Å². The van der Waals surface area contributed by atoms with Crippen LogP contribution < -0.4 is 4.74 Å². The summed E-state index contributed by atoms with van der Waals surface area (Å²) in [4.78, 5) is 15.2. The Labute approximate surface area is 105 Å². The fourth-order valence-electron chi connectivity index (χ4n) is 1.14. The van der Waals surface area contributed by atoms with E-state index >= 15 is 0 Å². The summed E-state index contributed by atoms with van der Waals surface area (Å²) >= 11 is 2.88. The molecule has 0 N–H and O–H groups in total. The Balaban J connectivity index is 3.23. The highest BCUT2D eigenvalue weighted by Crippen LogP contribution is 2.31. The van der Waals surface area contributed by atoms with Crippen molar-refractivity contribution in [3.63, 3.8) is 0 Å². The van der Waals surface area contributed by atoms with Gasteiger partial charge in [0.1, 0.15) is 4.60 Å². The quantitative estimate of drug-likeness (QED) is 0.634. The smallest absolute Gasteiger partial charge is 0.360 e. The first-order valence-electron chi connectivity index (χ1n) is 4.71. The van der Waals surface area contributed by atoms with Crippen LogP contribution in [0.4, 0.5) is 8.78 Å². The lowest BCUT2D eigenvalue weighted by Crippen LogP contribution is -2.10. The van der Waals surface area contributed by atoms with Gasteiger partial charge in [-0.1, -0.05) is 0 Å². The fourth-order valence-corrected chi connectivity index (χ4v) is 1.61. The normalized spacial score (nSPS) is 10.5. The van der Waals surface area contributed by atoms with Crippen molar-refractivity contribution in [2.24, 2.45) is 0 Å². The number of hydrogen-bond acceptors (Lipinski definition) is 4. The number of carbonyl (C=O) groups excluding carboxylic acids is 1. The lowest BCUT2D eigenvalue weighted by Gasteiger charge is -2.10. The maximum absolute atomic E-state index is 12.6. The van der Waals surface area contributed by atoms with Gasteiger partial charge >= 0.3 is 5.97 Å². The van der Waals surface area contributed by atoms with Crippen molar-refractivity contribution in [3.05, 3.63) is 21.9 Å². The molecule has 4 nitrogen and oxygen atoms in total. The van der Waals surface area contributed by atoms with Crippen LogP contribution in [0.3, 0.4) is 0 Å². The number of esters is 1. The lowest BCUT2D eigenvalue weighted by molar-refractivity contribution is 0.0514. The van der Waals surface area contributed by atoms with Crippen molar-refractivity contribution in [2.45, 2.75) is 13.3 Å². The van der Waals surface area contributed by atoms with Crippen LogP contribution in [0.15, 0.2) is 10.7 Å². The molecular weight excluding hydrogens is 300 g/mol. The van der Waals surface area contributed by atoms with E-state index in [0.717, 1.165) is 6.07 Å². The second-order valence-electron chi connectivity index (χ2n) is 2.94. The first-order chi connectivity index (χ1) is 8.01.